The van der Waals surface area contributed by atoms with Gasteiger partial charge in [-0.1, -0.05) is 24.6 Å². The van der Waals surface area contributed by atoms with Crippen LogP contribution in [0.3, 0.4) is 0 Å². The number of aryl methyl sites for hydroxylation is 2. The lowest BCUT2D eigenvalue weighted by Gasteiger charge is -2.04. The van der Waals surface area contributed by atoms with Crippen LogP contribution in [0.2, 0.25) is 0 Å². The van der Waals surface area contributed by atoms with E-state index in [-0.39, 0.29) is 12.3 Å². The highest BCUT2D eigenvalue weighted by molar-refractivity contribution is 7.09. The number of aromatic amines is 1. The Morgan fingerprint density at radius 1 is 1.27 bits per heavy atom. The largest absolute Gasteiger partial charge is 0.486 e. The average molecular weight is 370 g/mol. The zero-order chi connectivity index (χ0) is 18.4. The van der Waals surface area contributed by atoms with Crippen LogP contribution in [0.5, 0.6) is 5.75 Å². The van der Waals surface area contributed by atoms with Gasteiger partial charge in [-0.2, -0.15) is 5.10 Å². The molecule has 0 saturated heterocycles. The Kier molecular flexibility index (Phi) is 6.01. The molecule has 7 heteroatoms. The molecule has 0 aliphatic heterocycles. The van der Waals surface area contributed by atoms with Gasteiger partial charge in [-0.3, -0.25) is 9.89 Å². The summed E-state index contributed by atoms with van der Waals surface area (Å²) in [5.74, 6) is 0.755. The first-order valence-corrected chi connectivity index (χ1v) is 9.43. The fraction of sp³-hybridized carbons (Fsp3) is 0.316. The molecular weight excluding hydrogens is 348 g/mol. The number of benzene rings is 1. The van der Waals surface area contributed by atoms with Crippen LogP contribution in [0, 0.1) is 6.92 Å². The van der Waals surface area contributed by atoms with E-state index < -0.39 is 0 Å². The summed E-state index contributed by atoms with van der Waals surface area (Å²) >= 11 is 1.50. The lowest BCUT2D eigenvalue weighted by Crippen LogP contribution is -2.24. The molecule has 136 valence electrons. The van der Waals surface area contributed by atoms with E-state index in [0.717, 1.165) is 34.3 Å². The molecule has 2 N–H and O–H groups in total. The van der Waals surface area contributed by atoms with E-state index in [1.807, 2.05) is 49.6 Å². The summed E-state index contributed by atoms with van der Waals surface area (Å²) in [6.45, 7) is 4.93. The fourth-order valence-corrected chi connectivity index (χ4v) is 3.08. The van der Waals surface area contributed by atoms with Crippen LogP contribution in [0.15, 0.2) is 35.7 Å². The number of H-pyrrole nitrogens is 1. The third-order valence-electron chi connectivity index (χ3n) is 3.85. The Balaban J connectivity index is 1.45. The van der Waals surface area contributed by atoms with Gasteiger partial charge >= 0.3 is 0 Å². The van der Waals surface area contributed by atoms with Crippen molar-refractivity contribution in [1.82, 2.24) is 20.5 Å². The predicted molar refractivity (Wildman–Crippen MR) is 101 cm³/mol. The molecule has 3 rings (SSSR count). The third kappa shape index (κ3) is 5.16. The molecule has 26 heavy (non-hydrogen) atoms. The number of nitrogens with zero attached hydrogens (tertiary/aromatic N) is 2. The number of ether oxygens (including phenoxy) is 1. The van der Waals surface area contributed by atoms with Crippen molar-refractivity contribution in [1.29, 1.82) is 0 Å². The number of thiazole rings is 1. The highest BCUT2D eigenvalue weighted by Crippen LogP contribution is 2.16. The SMILES string of the molecule is CCc1cc(CNC(=O)Cc2csc(COc3ccc(C)cc3)n2)[nH]n1. The highest BCUT2D eigenvalue weighted by atomic mass is 32.1. The molecular formula is C19H22N4O2S. The number of hydrogen-bond donors (Lipinski definition) is 2. The van der Waals surface area contributed by atoms with Gasteiger partial charge < -0.3 is 10.1 Å². The lowest BCUT2D eigenvalue weighted by molar-refractivity contribution is -0.120. The van der Waals surface area contributed by atoms with Crippen molar-refractivity contribution in [3.05, 3.63) is 63.4 Å². The van der Waals surface area contributed by atoms with Crippen molar-refractivity contribution in [2.24, 2.45) is 0 Å². The van der Waals surface area contributed by atoms with Gasteiger partial charge in [0.2, 0.25) is 5.91 Å². The highest BCUT2D eigenvalue weighted by Gasteiger charge is 2.09. The van der Waals surface area contributed by atoms with Crippen LogP contribution in [0.1, 0.15) is 34.6 Å². The van der Waals surface area contributed by atoms with Crippen molar-refractivity contribution in [3.63, 3.8) is 0 Å². The maximum atomic E-state index is 12.1. The second-order valence-electron chi connectivity index (χ2n) is 6.03. The van der Waals surface area contributed by atoms with Gasteiger partial charge in [0.15, 0.2) is 0 Å². The fourth-order valence-electron chi connectivity index (χ4n) is 2.38. The van der Waals surface area contributed by atoms with Gasteiger partial charge in [0.25, 0.3) is 0 Å². The minimum absolute atomic E-state index is 0.0612. The lowest BCUT2D eigenvalue weighted by atomic mass is 10.2. The monoisotopic (exact) mass is 370 g/mol. The molecule has 0 fully saturated rings. The molecule has 0 atom stereocenters. The van der Waals surface area contributed by atoms with Crippen molar-refractivity contribution < 1.29 is 9.53 Å². The molecule has 6 nitrogen and oxygen atoms in total. The van der Waals surface area contributed by atoms with E-state index in [1.54, 1.807) is 0 Å². The van der Waals surface area contributed by atoms with E-state index >= 15 is 0 Å². The predicted octanol–water partition coefficient (Wildman–Crippen LogP) is 3.17. The molecule has 0 unspecified atom stereocenters. The molecule has 0 aliphatic rings. The molecule has 2 aromatic heterocycles. The van der Waals surface area contributed by atoms with Crippen molar-refractivity contribution in [2.45, 2.75) is 39.8 Å². The minimum atomic E-state index is -0.0612. The Bertz CT molecular complexity index is 855. The number of aromatic nitrogens is 3. The second kappa shape index (κ2) is 8.62. The first-order valence-electron chi connectivity index (χ1n) is 8.55. The van der Waals surface area contributed by atoms with Crippen LogP contribution in [0.25, 0.3) is 0 Å². The van der Waals surface area contributed by atoms with Crippen LogP contribution < -0.4 is 10.1 Å². The first kappa shape index (κ1) is 18.1. The standard InChI is InChI=1S/C19H22N4O2S/c1-3-14-8-15(23-22-14)10-20-18(24)9-16-12-26-19(21-16)11-25-17-6-4-13(2)5-7-17/h4-8,12H,3,9-11H2,1-2H3,(H,20,24)(H,22,23). The molecule has 1 aromatic carbocycles. The molecule has 3 aromatic rings. The van der Waals surface area contributed by atoms with Gasteiger partial charge in [0, 0.05) is 5.38 Å². The Morgan fingerprint density at radius 2 is 2.08 bits per heavy atom. The maximum Gasteiger partial charge on any atom is 0.226 e. The van der Waals surface area contributed by atoms with Gasteiger partial charge in [0.05, 0.1) is 30.0 Å². The summed E-state index contributed by atoms with van der Waals surface area (Å²) < 4.78 is 5.72. The molecule has 0 saturated carbocycles. The summed E-state index contributed by atoms with van der Waals surface area (Å²) in [6.07, 6.45) is 1.13. The molecule has 0 bridgehead atoms. The average Bonchev–Trinajstić information content (AvgIpc) is 3.28. The Hall–Kier alpha value is -2.67. The van der Waals surface area contributed by atoms with Gasteiger partial charge in [-0.15, -0.1) is 11.3 Å². The first-order chi connectivity index (χ1) is 12.6. The Labute approximate surface area is 156 Å². The van der Waals surface area contributed by atoms with Crippen LogP contribution in [-0.4, -0.2) is 21.1 Å². The smallest absolute Gasteiger partial charge is 0.226 e. The van der Waals surface area contributed by atoms with Crippen molar-refractivity contribution in [3.8, 4) is 5.75 Å². The van der Waals surface area contributed by atoms with E-state index in [1.165, 1.54) is 16.9 Å². The normalized spacial score (nSPS) is 10.7. The van der Waals surface area contributed by atoms with Gasteiger partial charge in [-0.25, -0.2) is 4.98 Å². The summed E-state index contributed by atoms with van der Waals surface area (Å²) in [6, 6.07) is 9.86. The summed E-state index contributed by atoms with van der Waals surface area (Å²) in [5, 5.41) is 12.7. The Morgan fingerprint density at radius 3 is 2.81 bits per heavy atom. The molecule has 1 amide bonds. The minimum Gasteiger partial charge on any atom is -0.486 e. The van der Waals surface area contributed by atoms with Gasteiger partial charge in [-0.05, 0) is 31.5 Å². The zero-order valence-electron chi connectivity index (χ0n) is 14.9. The van der Waals surface area contributed by atoms with E-state index in [0.29, 0.717) is 13.2 Å². The topological polar surface area (TPSA) is 79.9 Å². The number of amides is 1. The second-order valence-corrected chi connectivity index (χ2v) is 6.97. The zero-order valence-corrected chi connectivity index (χ0v) is 15.7. The third-order valence-corrected chi connectivity index (χ3v) is 4.72. The molecule has 0 aliphatic carbocycles. The number of nitrogens with one attached hydrogen (secondary N) is 2. The summed E-state index contributed by atoms with van der Waals surface area (Å²) in [5.41, 5.74) is 3.85. The maximum absolute atomic E-state index is 12.1. The summed E-state index contributed by atoms with van der Waals surface area (Å²) in [7, 11) is 0. The van der Waals surface area contributed by atoms with Crippen LogP contribution in [0.4, 0.5) is 0 Å². The van der Waals surface area contributed by atoms with Crippen LogP contribution >= 0.6 is 11.3 Å². The number of rotatable bonds is 8. The molecule has 0 radical (unpaired) electrons. The number of carbonyl (C=O) groups excluding carboxylic acids is 1. The summed E-state index contributed by atoms with van der Waals surface area (Å²) in [4.78, 5) is 16.5. The van der Waals surface area contributed by atoms with Crippen LogP contribution in [-0.2, 0) is 30.8 Å². The van der Waals surface area contributed by atoms with Gasteiger partial charge in [0.1, 0.15) is 17.4 Å². The van der Waals surface area contributed by atoms with E-state index in [9.17, 15) is 4.79 Å². The van der Waals surface area contributed by atoms with E-state index in [4.69, 9.17) is 4.74 Å². The quantitative estimate of drug-likeness (QED) is 0.638. The molecule has 2 heterocycles. The van der Waals surface area contributed by atoms with Crippen molar-refractivity contribution in [2.75, 3.05) is 0 Å². The number of carbonyl (C=O) groups is 1. The van der Waals surface area contributed by atoms with E-state index in [2.05, 4.69) is 20.5 Å². The van der Waals surface area contributed by atoms with Crippen molar-refractivity contribution >= 4 is 17.2 Å². The molecule has 0 spiro atoms. The number of hydrogen-bond acceptors (Lipinski definition) is 5.